The summed E-state index contributed by atoms with van der Waals surface area (Å²) >= 11 is 0. The molecule has 0 saturated carbocycles. The van der Waals surface area contributed by atoms with Crippen molar-refractivity contribution in [2.75, 3.05) is 19.8 Å². The molecule has 1 N–H and O–H groups in total. The molecule has 3 nitrogen and oxygen atoms in total. The van der Waals surface area contributed by atoms with Gasteiger partial charge in [0, 0.05) is 6.61 Å². The molecule has 0 fully saturated rings. The number of benzene rings is 1. The molecule has 86 valence electrons. The second-order valence-corrected chi connectivity index (χ2v) is 3.67. The van der Waals surface area contributed by atoms with Crippen LogP contribution in [-0.2, 0) is 11.2 Å². The number of hydrogen-bond donors (Lipinski definition) is 1. The van der Waals surface area contributed by atoms with Crippen LogP contribution in [0.4, 0.5) is 0 Å². The van der Waals surface area contributed by atoms with Crippen LogP contribution in [0.25, 0.3) is 6.08 Å². The first-order chi connectivity index (χ1) is 7.81. The molecule has 0 saturated heterocycles. The van der Waals surface area contributed by atoms with E-state index < -0.39 is 0 Å². The van der Waals surface area contributed by atoms with Gasteiger partial charge in [-0.05, 0) is 36.6 Å². The van der Waals surface area contributed by atoms with Crippen molar-refractivity contribution in [3.05, 3.63) is 29.3 Å². The SMILES string of the molecule is CCOCCOc1cc2c(cc1O)C=CC2. The largest absolute Gasteiger partial charge is 0.504 e. The predicted octanol–water partition coefficient (Wildman–Crippen LogP) is 2.38. The molecule has 0 spiro atoms. The molecule has 0 aliphatic heterocycles. The monoisotopic (exact) mass is 220 g/mol. The summed E-state index contributed by atoms with van der Waals surface area (Å²) in [6.07, 6.45) is 5.00. The predicted molar refractivity (Wildman–Crippen MR) is 62.8 cm³/mol. The van der Waals surface area contributed by atoms with Crippen molar-refractivity contribution >= 4 is 6.08 Å². The molecule has 0 aromatic heterocycles. The standard InChI is InChI=1S/C13H16O3/c1-2-15-6-7-16-13-9-11-5-3-4-10(11)8-12(13)14/h3-4,8-9,14H,2,5-7H2,1H3. The third-order valence-electron chi connectivity index (χ3n) is 2.55. The molecule has 3 heteroatoms. The third-order valence-corrected chi connectivity index (χ3v) is 2.55. The lowest BCUT2D eigenvalue weighted by atomic mass is 10.1. The number of fused-ring (bicyclic) bond motifs is 1. The van der Waals surface area contributed by atoms with Crippen LogP contribution in [0.15, 0.2) is 18.2 Å². The van der Waals surface area contributed by atoms with Gasteiger partial charge in [0.15, 0.2) is 11.5 Å². The molecule has 16 heavy (non-hydrogen) atoms. The first kappa shape index (κ1) is 11.0. The zero-order valence-electron chi connectivity index (χ0n) is 9.40. The van der Waals surface area contributed by atoms with Gasteiger partial charge in [-0.3, -0.25) is 0 Å². The molecule has 0 atom stereocenters. The Morgan fingerprint density at radius 1 is 1.31 bits per heavy atom. The lowest BCUT2D eigenvalue weighted by Crippen LogP contribution is -2.06. The molecular formula is C13H16O3. The second-order valence-electron chi connectivity index (χ2n) is 3.67. The van der Waals surface area contributed by atoms with E-state index in [1.165, 1.54) is 5.56 Å². The van der Waals surface area contributed by atoms with Crippen LogP contribution in [0.2, 0.25) is 0 Å². The molecule has 0 unspecified atom stereocenters. The number of phenolic OH excluding ortho intramolecular Hbond substituents is 1. The minimum Gasteiger partial charge on any atom is -0.504 e. The number of allylic oxidation sites excluding steroid dienone is 1. The summed E-state index contributed by atoms with van der Waals surface area (Å²) in [4.78, 5) is 0. The number of rotatable bonds is 5. The number of hydrogen-bond acceptors (Lipinski definition) is 3. The summed E-state index contributed by atoms with van der Waals surface area (Å²) < 4.78 is 10.6. The van der Waals surface area contributed by atoms with E-state index in [0.29, 0.717) is 25.6 Å². The molecule has 1 aliphatic rings. The van der Waals surface area contributed by atoms with Crippen LogP contribution in [0.3, 0.4) is 0 Å². The van der Waals surface area contributed by atoms with Crippen LogP contribution < -0.4 is 4.74 Å². The van der Waals surface area contributed by atoms with Crippen molar-refractivity contribution < 1.29 is 14.6 Å². The normalized spacial score (nSPS) is 12.8. The van der Waals surface area contributed by atoms with Gasteiger partial charge >= 0.3 is 0 Å². The summed E-state index contributed by atoms with van der Waals surface area (Å²) in [5, 5.41) is 9.73. The van der Waals surface area contributed by atoms with Crippen LogP contribution in [0.5, 0.6) is 11.5 Å². The zero-order chi connectivity index (χ0) is 11.4. The van der Waals surface area contributed by atoms with E-state index in [1.807, 2.05) is 19.1 Å². The van der Waals surface area contributed by atoms with Crippen molar-refractivity contribution in [3.8, 4) is 11.5 Å². The molecule has 1 aliphatic carbocycles. The maximum atomic E-state index is 9.73. The molecular weight excluding hydrogens is 204 g/mol. The van der Waals surface area contributed by atoms with Gasteiger partial charge in [-0.15, -0.1) is 0 Å². The zero-order valence-corrected chi connectivity index (χ0v) is 9.40. The molecule has 0 radical (unpaired) electrons. The van der Waals surface area contributed by atoms with Gasteiger partial charge in [0.1, 0.15) is 6.61 Å². The Morgan fingerprint density at radius 3 is 3.00 bits per heavy atom. The summed E-state index contributed by atoms with van der Waals surface area (Å²) in [6, 6.07) is 3.64. The first-order valence-electron chi connectivity index (χ1n) is 5.54. The van der Waals surface area contributed by atoms with Crippen molar-refractivity contribution in [3.63, 3.8) is 0 Å². The van der Waals surface area contributed by atoms with Gasteiger partial charge in [0.05, 0.1) is 6.61 Å². The Bertz CT molecular complexity index is 396. The third kappa shape index (κ3) is 2.36. The Hall–Kier alpha value is -1.48. The van der Waals surface area contributed by atoms with Crippen molar-refractivity contribution in [1.29, 1.82) is 0 Å². The van der Waals surface area contributed by atoms with Gasteiger partial charge in [-0.25, -0.2) is 0 Å². The quantitative estimate of drug-likeness (QED) is 0.774. The Balaban J connectivity index is 2.00. The maximum absolute atomic E-state index is 9.73. The summed E-state index contributed by atoms with van der Waals surface area (Å²) in [6.45, 7) is 3.64. The smallest absolute Gasteiger partial charge is 0.161 e. The number of aromatic hydroxyl groups is 1. The highest BCUT2D eigenvalue weighted by molar-refractivity contribution is 5.64. The summed E-state index contributed by atoms with van der Waals surface area (Å²) in [7, 11) is 0. The molecule has 0 bridgehead atoms. The Labute approximate surface area is 95.3 Å². The van der Waals surface area contributed by atoms with Crippen LogP contribution in [0.1, 0.15) is 18.1 Å². The van der Waals surface area contributed by atoms with Gasteiger partial charge in [-0.1, -0.05) is 12.2 Å². The fourth-order valence-corrected chi connectivity index (χ4v) is 1.74. The van der Waals surface area contributed by atoms with Crippen molar-refractivity contribution in [2.45, 2.75) is 13.3 Å². The van der Waals surface area contributed by atoms with E-state index in [9.17, 15) is 5.11 Å². The molecule has 1 aromatic rings. The highest BCUT2D eigenvalue weighted by Crippen LogP contribution is 2.33. The Kier molecular flexibility index (Phi) is 3.47. The maximum Gasteiger partial charge on any atom is 0.161 e. The van der Waals surface area contributed by atoms with E-state index in [-0.39, 0.29) is 5.75 Å². The van der Waals surface area contributed by atoms with Gasteiger partial charge in [-0.2, -0.15) is 0 Å². The molecule has 2 rings (SSSR count). The van der Waals surface area contributed by atoms with Crippen LogP contribution in [-0.4, -0.2) is 24.9 Å². The first-order valence-corrected chi connectivity index (χ1v) is 5.54. The lowest BCUT2D eigenvalue weighted by molar-refractivity contribution is 0.109. The van der Waals surface area contributed by atoms with E-state index >= 15 is 0 Å². The minimum absolute atomic E-state index is 0.196. The lowest BCUT2D eigenvalue weighted by Gasteiger charge is -2.10. The molecule has 0 heterocycles. The van der Waals surface area contributed by atoms with Gasteiger partial charge in [0.2, 0.25) is 0 Å². The number of phenols is 1. The fourth-order valence-electron chi connectivity index (χ4n) is 1.74. The Morgan fingerprint density at radius 2 is 2.19 bits per heavy atom. The van der Waals surface area contributed by atoms with Gasteiger partial charge < -0.3 is 14.6 Å². The van der Waals surface area contributed by atoms with Crippen LogP contribution >= 0.6 is 0 Å². The average Bonchev–Trinajstić information content (AvgIpc) is 2.71. The van der Waals surface area contributed by atoms with Gasteiger partial charge in [0.25, 0.3) is 0 Å². The van der Waals surface area contributed by atoms with E-state index in [0.717, 1.165) is 12.0 Å². The van der Waals surface area contributed by atoms with Crippen LogP contribution in [0, 0.1) is 0 Å². The fraction of sp³-hybridized carbons (Fsp3) is 0.385. The summed E-state index contributed by atoms with van der Waals surface area (Å²) in [5.41, 5.74) is 2.28. The van der Waals surface area contributed by atoms with E-state index in [1.54, 1.807) is 6.07 Å². The highest BCUT2D eigenvalue weighted by Gasteiger charge is 2.11. The van der Waals surface area contributed by atoms with E-state index in [2.05, 4.69) is 6.08 Å². The van der Waals surface area contributed by atoms with Crippen molar-refractivity contribution in [1.82, 2.24) is 0 Å². The topological polar surface area (TPSA) is 38.7 Å². The minimum atomic E-state index is 0.196. The van der Waals surface area contributed by atoms with E-state index in [4.69, 9.17) is 9.47 Å². The second kappa shape index (κ2) is 5.03. The highest BCUT2D eigenvalue weighted by atomic mass is 16.5. The van der Waals surface area contributed by atoms with Crippen molar-refractivity contribution in [2.24, 2.45) is 0 Å². The summed E-state index contributed by atoms with van der Waals surface area (Å²) in [5.74, 6) is 0.740. The average molecular weight is 220 g/mol. The molecule has 0 amide bonds. The number of ether oxygens (including phenoxy) is 2. The molecule has 1 aromatic carbocycles.